The summed E-state index contributed by atoms with van der Waals surface area (Å²) in [7, 11) is 0. The summed E-state index contributed by atoms with van der Waals surface area (Å²) in [5.41, 5.74) is 2.11. The number of nitrogens with zero attached hydrogens (tertiary/aromatic N) is 1. The Bertz CT molecular complexity index is 362. The first kappa shape index (κ1) is 11.9. The molecular formula is C12H16BrNO2. The van der Waals surface area contributed by atoms with E-state index in [-0.39, 0.29) is 0 Å². The highest BCUT2D eigenvalue weighted by atomic mass is 79.9. The van der Waals surface area contributed by atoms with Crippen molar-refractivity contribution in [3.05, 3.63) is 28.2 Å². The third-order valence-corrected chi connectivity index (χ3v) is 3.44. The maximum atomic E-state index is 9.49. The molecule has 0 aliphatic carbocycles. The fraction of sp³-hybridized carbons (Fsp3) is 0.500. The van der Waals surface area contributed by atoms with E-state index in [0.717, 1.165) is 36.3 Å². The molecule has 0 saturated carbocycles. The minimum atomic E-state index is -0.421. The third kappa shape index (κ3) is 2.56. The number of benzene rings is 1. The van der Waals surface area contributed by atoms with E-state index in [4.69, 9.17) is 4.74 Å². The molecule has 1 atom stereocenters. The number of morpholine rings is 1. The molecule has 0 amide bonds. The fourth-order valence-electron chi connectivity index (χ4n) is 1.84. The highest BCUT2D eigenvalue weighted by molar-refractivity contribution is 9.10. The Kier molecular flexibility index (Phi) is 3.84. The number of ether oxygens (including phenoxy) is 1. The number of halogens is 1. The van der Waals surface area contributed by atoms with Crippen LogP contribution >= 0.6 is 15.9 Å². The lowest BCUT2D eigenvalue weighted by Crippen LogP contribution is -2.36. The van der Waals surface area contributed by atoms with Gasteiger partial charge in [0, 0.05) is 17.6 Å². The topological polar surface area (TPSA) is 32.7 Å². The van der Waals surface area contributed by atoms with E-state index < -0.39 is 6.10 Å². The lowest BCUT2D eigenvalue weighted by atomic mass is 10.1. The maximum absolute atomic E-state index is 9.49. The number of aliphatic hydroxyl groups is 1. The molecule has 0 aromatic heterocycles. The first-order chi connectivity index (χ1) is 7.68. The van der Waals surface area contributed by atoms with E-state index in [2.05, 4.69) is 26.9 Å². The molecule has 0 radical (unpaired) electrons. The summed E-state index contributed by atoms with van der Waals surface area (Å²) in [5, 5.41) is 9.49. The molecule has 4 heteroatoms. The number of hydrogen-bond donors (Lipinski definition) is 1. The Morgan fingerprint density at radius 1 is 1.38 bits per heavy atom. The second-order valence-electron chi connectivity index (χ2n) is 3.99. The first-order valence-electron chi connectivity index (χ1n) is 5.48. The van der Waals surface area contributed by atoms with Crippen molar-refractivity contribution in [2.24, 2.45) is 0 Å². The number of anilines is 1. The van der Waals surface area contributed by atoms with E-state index in [0.29, 0.717) is 0 Å². The Morgan fingerprint density at radius 3 is 2.62 bits per heavy atom. The van der Waals surface area contributed by atoms with Crippen molar-refractivity contribution in [1.29, 1.82) is 0 Å². The van der Waals surface area contributed by atoms with Gasteiger partial charge in [-0.25, -0.2) is 0 Å². The standard InChI is InChI=1S/C12H16BrNO2/c1-9(15)10-2-3-12(11(13)8-10)14-4-6-16-7-5-14/h2-3,8-9,15H,4-7H2,1H3. The van der Waals surface area contributed by atoms with Crippen molar-refractivity contribution >= 4 is 21.6 Å². The molecule has 2 rings (SSSR count). The van der Waals surface area contributed by atoms with Gasteiger partial charge in [-0.05, 0) is 40.5 Å². The van der Waals surface area contributed by atoms with Crippen LogP contribution in [0.15, 0.2) is 22.7 Å². The summed E-state index contributed by atoms with van der Waals surface area (Å²) in [6, 6.07) is 6.01. The predicted octanol–water partition coefficient (Wildman–Crippen LogP) is 2.34. The van der Waals surface area contributed by atoms with Gasteiger partial charge in [-0.2, -0.15) is 0 Å². The minimum absolute atomic E-state index is 0.421. The number of hydrogen-bond acceptors (Lipinski definition) is 3. The number of rotatable bonds is 2. The van der Waals surface area contributed by atoms with Crippen LogP contribution in [0.2, 0.25) is 0 Å². The van der Waals surface area contributed by atoms with Gasteiger partial charge in [0.05, 0.1) is 25.0 Å². The van der Waals surface area contributed by atoms with E-state index in [1.165, 1.54) is 5.69 Å². The Balaban J connectivity index is 2.21. The lowest BCUT2D eigenvalue weighted by Gasteiger charge is -2.30. The van der Waals surface area contributed by atoms with Crippen molar-refractivity contribution in [1.82, 2.24) is 0 Å². The molecule has 1 fully saturated rings. The van der Waals surface area contributed by atoms with Crippen LogP contribution in [0, 0.1) is 0 Å². The predicted molar refractivity (Wildman–Crippen MR) is 67.8 cm³/mol. The van der Waals surface area contributed by atoms with Crippen LogP contribution < -0.4 is 4.90 Å². The summed E-state index contributed by atoms with van der Waals surface area (Å²) in [6.07, 6.45) is -0.421. The molecule has 0 bridgehead atoms. The summed E-state index contributed by atoms with van der Waals surface area (Å²) in [5.74, 6) is 0. The molecule has 1 aromatic rings. The van der Waals surface area contributed by atoms with Crippen LogP contribution in [0.25, 0.3) is 0 Å². The van der Waals surface area contributed by atoms with Gasteiger partial charge in [-0.1, -0.05) is 6.07 Å². The van der Waals surface area contributed by atoms with E-state index in [1.807, 2.05) is 12.1 Å². The quantitative estimate of drug-likeness (QED) is 0.905. The molecule has 88 valence electrons. The molecule has 1 N–H and O–H groups in total. The van der Waals surface area contributed by atoms with Crippen molar-refractivity contribution in [2.75, 3.05) is 31.2 Å². The van der Waals surface area contributed by atoms with Crippen LogP contribution in [0.4, 0.5) is 5.69 Å². The average Bonchev–Trinajstić information content (AvgIpc) is 2.30. The second-order valence-corrected chi connectivity index (χ2v) is 4.84. The van der Waals surface area contributed by atoms with Gasteiger partial charge in [0.1, 0.15) is 0 Å². The largest absolute Gasteiger partial charge is 0.389 e. The highest BCUT2D eigenvalue weighted by Gasteiger charge is 2.14. The van der Waals surface area contributed by atoms with Gasteiger partial charge in [0.25, 0.3) is 0 Å². The monoisotopic (exact) mass is 285 g/mol. The van der Waals surface area contributed by atoms with Gasteiger partial charge in [-0.3, -0.25) is 0 Å². The highest BCUT2D eigenvalue weighted by Crippen LogP contribution is 2.29. The lowest BCUT2D eigenvalue weighted by molar-refractivity contribution is 0.122. The summed E-state index contributed by atoms with van der Waals surface area (Å²) < 4.78 is 6.36. The second kappa shape index (κ2) is 5.17. The first-order valence-corrected chi connectivity index (χ1v) is 6.28. The van der Waals surface area contributed by atoms with Crippen LogP contribution in [0.3, 0.4) is 0 Å². The summed E-state index contributed by atoms with van der Waals surface area (Å²) >= 11 is 3.56. The molecular weight excluding hydrogens is 270 g/mol. The van der Waals surface area contributed by atoms with Crippen LogP contribution in [0.5, 0.6) is 0 Å². The molecule has 16 heavy (non-hydrogen) atoms. The van der Waals surface area contributed by atoms with Crippen molar-refractivity contribution < 1.29 is 9.84 Å². The number of aliphatic hydroxyl groups excluding tert-OH is 1. The zero-order chi connectivity index (χ0) is 11.5. The van der Waals surface area contributed by atoms with Crippen LogP contribution in [0.1, 0.15) is 18.6 Å². The van der Waals surface area contributed by atoms with Crippen LogP contribution in [-0.4, -0.2) is 31.4 Å². The van der Waals surface area contributed by atoms with Crippen LogP contribution in [-0.2, 0) is 4.74 Å². The maximum Gasteiger partial charge on any atom is 0.0762 e. The molecule has 1 saturated heterocycles. The molecule has 1 aliphatic rings. The average molecular weight is 286 g/mol. The van der Waals surface area contributed by atoms with Gasteiger partial charge in [-0.15, -0.1) is 0 Å². The third-order valence-electron chi connectivity index (χ3n) is 2.81. The Morgan fingerprint density at radius 2 is 2.06 bits per heavy atom. The van der Waals surface area contributed by atoms with Crippen molar-refractivity contribution in [3.63, 3.8) is 0 Å². The van der Waals surface area contributed by atoms with E-state index >= 15 is 0 Å². The Hall–Kier alpha value is -0.580. The van der Waals surface area contributed by atoms with Gasteiger partial charge in [0.2, 0.25) is 0 Å². The summed E-state index contributed by atoms with van der Waals surface area (Å²) in [6.45, 7) is 5.19. The zero-order valence-electron chi connectivity index (χ0n) is 9.32. The molecule has 1 aliphatic heterocycles. The normalized spacial score (nSPS) is 18.6. The van der Waals surface area contributed by atoms with Gasteiger partial charge >= 0.3 is 0 Å². The molecule has 1 unspecified atom stereocenters. The molecule has 1 heterocycles. The molecule has 1 aromatic carbocycles. The fourth-order valence-corrected chi connectivity index (χ4v) is 2.49. The SMILES string of the molecule is CC(O)c1ccc(N2CCOCC2)c(Br)c1. The summed E-state index contributed by atoms with van der Waals surface area (Å²) in [4.78, 5) is 2.29. The van der Waals surface area contributed by atoms with E-state index in [1.54, 1.807) is 6.92 Å². The molecule has 3 nitrogen and oxygen atoms in total. The van der Waals surface area contributed by atoms with Gasteiger partial charge < -0.3 is 14.7 Å². The van der Waals surface area contributed by atoms with Gasteiger partial charge in [0.15, 0.2) is 0 Å². The van der Waals surface area contributed by atoms with E-state index in [9.17, 15) is 5.11 Å². The Labute approximate surface area is 104 Å². The smallest absolute Gasteiger partial charge is 0.0762 e. The molecule has 0 spiro atoms. The van der Waals surface area contributed by atoms with Crippen molar-refractivity contribution in [3.8, 4) is 0 Å². The van der Waals surface area contributed by atoms with Crippen molar-refractivity contribution in [2.45, 2.75) is 13.0 Å². The minimum Gasteiger partial charge on any atom is -0.389 e. The zero-order valence-corrected chi connectivity index (χ0v) is 10.9.